The maximum Gasteiger partial charge on any atom is 0.335 e. The van der Waals surface area contributed by atoms with Gasteiger partial charge in [0.1, 0.15) is 0 Å². The molecule has 25 heavy (non-hydrogen) atoms. The summed E-state index contributed by atoms with van der Waals surface area (Å²) in [6.45, 7) is -1.04. The molecule has 0 aliphatic heterocycles. The van der Waals surface area contributed by atoms with Crippen molar-refractivity contribution in [3.63, 3.8) is 0 Å². The van der Waals surface area contributed by atoms with Gasteiger partial charge in [0.05, 0.1) is 5.56 Å². The highest BCUT2D eigenvalue weighted by Gasteiger charge is 2.27. The van der Waals surface area contributed by atoms with E-state index in [2.05, 4.69) is 10.1 Å². The van der Waals surface area contributed by atoms with Crippen LogP contribution >= 0.6 is 0 Å². The van der Waals surface area contributed by atoms with Crippen LogP contribution in [0.25, 0.3) is 0 Å². The summed E-state index contributed by atoms with van der Waals surface area (Å²) in [6.07, 6.45) is 0. The third kappa shape index (κ3) is 3.84. The molecule has 0 aliphatic rings. The average molecular weight is 361 g/mol. The number of halogens is 5. The maximum atomic E-state index is 13.4. The van der Waals surface area contributed by atoms with Crippen molar-refractivity contribution < 1.29 is 41.4 Å². The van der Waals surface area contributed by atoms with E-state index in [1.165, 1.54) is 24.3 Å². The lowest BCUT2D eigenvalue weighted by molar-refractivity contribution is -0.118. The number of carbonyl (C=O) groups excluding carboxylic acids is 1. The molecule has 0 bridgehead atoms. The lowest BCUT2D eigenvalue weighted by Gasteiger charge is -2.10. The molecule has 0 unspecified atom stereocenters. The number of amides is 1. The Labute approximate surface area is 136 Å². The largest absolute Gasteiger partial charge is 0.478 e. The molecular weight excluding hydrogens is 353 g/mol. The summed E-state index contributed by atoms with van der Waals surface area (Å²) in [5, 5.41) is 10.9. The minimum absolute atomic E-state index is 0.0457. The number of ether oxygens (including phenoxy) is 1. The van der Waals surface area contributed by atoms with E-state index in [1.807, 2.05) is 0 Å². The van der Waals surface area contributed by atoms with Crippen LogP contribution in [0.3, 0.4) is 0 Å². The Kier molecular flexibility index (Phi) is 5.20. The molecular formula is C15H8F5NO4. The van der Waals surface area contributed by atoms with Gasteiger partial charge >= 0.3 is 5.97 Å². The van der Waals surface area contributed by atoms with Crippen molar-refractivity contribution in [3.8, 4) is 5.75 Å². The van der Waals surface area contributed by atoms with Crippen molar-refractivity contribution in [2.75, 3.05) is 11.9 Å². The quantitative estimate of drug-likeness (QED) is 0.488. The second kappa shape index (κ2) is 7.16. The molecule has 1 amide bonds. The topological polar surface area (TPSA) is 75.6 Å². The molecule has 0 aliphatic carbocycles. The monoisotopic (exact) mass is 361 g/mol. The van der Waals surface area contributed by atoms with Crippen molar-refractivity contribution in [1.29, 1.82) is 0 Å². The summed E-state index contributed by atoms with van der Waals surface area (Å²) in [5.74, 6) is -14.9. The molecule has 10 heteroatoms. The lowest BCUT2D eigenvalue weighted by atomic mass is 10.2. The fourth-order valence-electron chi connectivity index (χ4n) is 1.74. The fourth-order valence-corrected chi connectivity index (χ4v) is 1.74. The molecule has 0 fully saturated rings. The van der Waals surface area contributed by atoms with Gasteiger partial charge in [0, 0.05) is 5.69 Å². The molecule has 2 aromatic carbocycles. The number of benzene rings is 2. The molecule has 0 saturated carbocycles. The van der Waals surface area contributed by atoms with Gasteiger partial charge in [-0.05, 0) is 24.3 Å². The van der Waals surface area contributed by atoms with Crippen molar-refractivity contribution in [2.24, 2.45) is 0 Å². The third-order valence-corrected chi connectivity index (χ3v) is 2.93. The van der Waals surface area contributed by atoms with E-state index in [9.17, 15) is 31.5 Å². The zero-order valence-corrected chi connectivity index (χ0v) is 12.1. The Morgan fingerprint density at radius 1 is 0.880 bits per heavy atom. The highest BCUT2D eigenvalue weighted by molar-refractivity contribution is 5.93. The first-order valence-corrected chi connectivity index (χ1v) is 6.49. The van der Waals surface area contributed by atoms with Gasteiger partial charge in [-0.1, -0.05) is 0 Å². The number of aromatic carboxylic acids is 1. The van der Waals surface area contributed by atoms with Crippen LogP contribution in [0, 0.1) is 29.1 Å². The van der Waals surface area contributed by atoms with E-state index in [4.69, 9.17) is 5.11 Å². The van der Waals surface area contributed by atoms with Gasteiger partial charge in [0.15, 0.2) is 12.4 Å². The van der Waals surface area contributed by atoms with Crippen LogP contribution < -0.4 is 10.1 Å². The summed E-state index contributed by atoms with van der Waals surface area (Å²) >= 11 is 0. The molecule has 2 N–H and O–H groups in total. The molecule has 2 rings (SSSR count). The molecule has 0 aromatic heterocycles. The van der Waals surface area contributed by atoms with Gasteiger partial charge in [-0.15, -0.1) is 0 Å². The highest BCUT2D eigenvalue weighted by atomic mass is 19.2. The van der Waals surface area contributed by atoms with Crippen LogP contribution in [0.1, 0.15) is 10.4 Å². The Bertz CT molecular complexity index is 810. The smallest absolute Gasteiger partial charge is 0.335 e. The number of carbonyl (C=O) groups is 2. The minimum Gasteiger partial charge on any atom is -0.478 e. The first-order chi connectivity index (χ1) is 11.7. The van der Waals surface area contributed by atoms with Gasteiger partial charge in [0.25, 0.3) is 5.91 Å². The maximum absolute atomic E-state index is 13.4. The van der Waals surface area contributed by atoms with Crippen LogP contribution in [-0.2, 0) is 4.79 Å². The molecule has 2 aromatic rings. The Balaban J connectivity index is 2.07. The zero-order valence-electron chi connectivity index (χ0n) is 12.1. The normalized spacial score (nSPS) is 10.4. The van der Waals surface area contributed by atoms with Gasteiger partial charge in [-0.3, -0.25) is 4.79 Å². The van der Waals surface area contributed by atoms with E-state index in [0.29, 0.717) is 0 Å². The van der Waals surface area contributed by atoms with Crippen molar-refractivity contribution in [1.82, 2.24) is 0 Å². The van der Waals surface area contributed by atoms with Crippen LogP contribution in [0.2, 0.25) is 0 Å². The van der Waals surface area contributed by atoms with Gasteiger partial charge in [0.2, 0.25) is 29.1 Å². The van der Waals surface area contributed by atoms with E-state index in [1.54, 1.807) is 0 Å². The number of carboxylic acids is 1. The van der Waals surface area contributed by atoms with E-state index in [-0.39, 0.29) is 11.3 Å². The third-order valence-electron chi connectivity index (χ3n) is 2.93. The van der Waals surface area contributed by atoms with Crippen molar-refractivity contribution in [2.45, 2.75) is 0 Å². The van der Waals surface area contributed by atoms with Gasteiger partial charge < -0.3 is 15.2 Å². The van der Waals surface area contributed by atoms with E-state index < -0.39 is 53.3 Å². The van der Waals surface area contributed by atoms with Gasteiger partial charge in [-0.2, -0.15) is 8.78 Å². The number of hydrogen-bond donors (Lipinski definition) is 2. The van der Waals surface area contributed by atoms with Gasteiger partial charge in [-0.25, -0.2) is 18.0 Å². The molecule has 0 heterocycles. The SMILES string of the molecule is O=C(COc1c(F)c(F)c(F)c(F)c1F)Nc1ccc(C(=O)O)cc1. The fraction of sp³-hybridized carbons (Fsp3) is 0.0667. The Hall–Kier alpha value is -3.17. The van der Waals surface area contributed by atoms with E-state index >= 15 is 0 Å². The molecule has 0 saturated heterocycles. The standard InChI is InChI=1S/C15H8F5NO4/c16-9-10(17)12(19)14(13(20)11(9)18)25-5-8(22)21-7-3-1-6(2-4-7)15(23)24/h1-4H,5H2,(H,21,22)(H,23,24). The van der Waals surface area contributed by atoms with Crippen LogP contribution in [0.5, 0.6) is 5.75 Å². The summed E-state index contributed by atoms with van der Waals surface area (Å²) in [5.41, 5.74) is 0.0895. The molecule has 132 valence electrons. The second-order valence-corrected chi connectivity index (χ2v) is 4.62. The first kappa shape index (κ1) is 18.2. The predicted octanol–water partition coefficient (Wildman–Crippen LogP) is 3.10. The van der Waals surface area contributed by atoms with E-state index in [0.717, 1.165) is 0 Å². The minimum atomic E-state index is -2.34. The summed E-state index contributed by atoms with van der Waals surface area (Å²) < 4.78 is 70.0. The predicted molar refractivity (Wildman–Crippen MR) is 73.8 cm³/mol. The van der Waals surface area contributed by atoms with Crippen molar-refractivity contribution in [3.05, 3.63) is 58.9 Å². The molecule has 0 radical (unpaired) electrons. The zero-order chi connectivity index (χ0) is 18.7. The Morgan fingerprint density at radius 2 is 1.36 bits per heavy atom. The van der Waals surface area contributed by atoms with Crippen LogP contribution in [-0.4, -0.2) is 23.6 Å². The molecule has 0 atom stereocenters. The van der Waals surface area contributed by atoms with Crippen molar-refractivity contribution >= 4 is 17.6 Å². The second-order valence-electron chi connectivity index (χ2n) is 4.62. The van der Waals surface area contributed by atoms with Crippen LogP contribution in [0.15, 0.2) is 24.3 Å². The first-order valence-electron chi connectivity index (χ1n) is 6.49. The number of carboxylic acid groups (broad SMARTS) is 1. The Morgan fingerprint density at radius 3 is 1.84 bits per heavy atom. The summed E-state index contributed by atoms with van der Waals surface area (Å²) in [6, 6.07) is 4.84. The highest BCUT2D eigenvalue weighted by Crippen LogP contribution is 2.29. The van der Waals surface area contributed by atoms with Crippen LogP contribution in [0.4, 0.5) is 27.6 Å². The number of rotatable bonds is 5. The lowest BCUT2D eigenvalue weighted by Crippen LogP contribution is -2.21. The molecule has 0 spiro atoms. The average Bonchev–Trinajstić information content (AvgIpc) is 2.58. The summed E-state index contributed by atoms with van der Waals surface area (Å²) in [4.78, 5) is 22.3. The number of anilines is 1. The summed E-state index contributed by atoms with van der Waals surface area (Å²) in [7, 11) is 0. The molecule has 5 nitrogen and oxygen atoms in total. The number of nitrogens with one attached hydrogen (secondary N) is 1. The number of hydrogen-bond acceptors (Lipinski definition) is 3.